The number of rotatable bonds is 5. The van der Waals surface area contributed by atoms with Gasteiger partial charge in [-0.15, -0.1) is 0 Å². The molecule has 15 heavy (non-hydrogen) atoms. The Balaban J connectivity index is 2.44. The van der Waals surface area contributed by atoms with Gasteiger partial charge in [-0.05, 0) is 29.8 Å². The fourth-order valence-corrected chi connectivity index (χ4v) is 2.19. The second-order valence-electron chi connectivity index (χ2n) is 3.59. The summed E-state index contributed by atoms with van der Waals surface area (Å²) in [4.78, 5) is 0. The Morgan fingerprint density at radius 2 is 2.13 bits per heavy atom. The van der Waals surface area contributed by atoms with Crippen molar-refractivity contribution < 1.29 is 8.78 Å². The van der Waals surface area contributed by atoms with Crippen molar-refractivity contribution in [1.82, 2.24) is 0 Å². The van der Waals surface area contributed by atoms with E-state index in [1.807, 2.05) is 6.92 Å². The highest BCUT2D eigenvalue weighted by Crippen LogP contribution is 2.18. The van der Waals surface area contributed by atoms with Crippen molar-refractivity contribution in [2.75, 3.05) is 12.3 Å². The normalized spacial score (nSPS) is 12.8. The minimum Gasteiger partial charge on any atom is -0.330 e. The molecule has 1 nitrogen and oxygen atoms in total. The maximum absolute atomic E-state index is 13.2. The van der Waals surface area contributed by atoms with Crippen LogP contribution in [0.4, 0.5) is 8.78 Å². The minimum atomic E-state index is -0.531. The van der Waals surface area contributed by atoms with Gasteiger partial charge in [0, 0.05) is 11.8 Å². The second kappa shape index (κ2) is 6.08. The molecule has 0 amide bonds. The Hall–Kier alpha value is -0.610. The van der Waals surface area contributed by atoms with Crippen LogP contribution in [-0.2, 0) is 5.75 Å². The summed E-state index contributed by atoms with van der Waals surface area (Å²) in [6.45, 7) is 2.69. The molecule has 0 aliphatic carbocycles. The highest BCUT2D eigenvalue weighted by molar-refractivity contribution is 7.98. The first-order chi connectivity index (χ1) is 7.13. The molecule has 4 heteroatoms. The summed E-state index contributed by atoms with van der Waals surface area (Å²) in [5.74, 6) is 0.891. The summed E-state index contributed by atoms with van der Waals surface area (Å²) >= 11 is 1.62. The summed E-state index contributed by atoms with van der Waals surface area (Å²) in [6, 6.07) is 3.69. The molecule has 0 bridgehead atoms. The SMILES string of the molecule is CC(CN)CSCc1ccc(F)cc1F. The van der Waals surface area contributed by atoms with Gasteiger partial charge in [-0.25, -0.2) is 8.78 Å². The van der Waals surface area contributed by atoms with Crippen LogP contribution in [0.2, 0.25) is 0 Å². The minimum absolute atomic E-state index is 0.429. The molecule has 0 aromatic heterocycles. The van der Waals surface area contributed by atoms with Gasteiger partial charge < -0.3 is 5.73 Å². The predicted octanol–water partition coefficient (Wildman–Crippen LogP) is 2.79. The highest BCUT2D eigenvalue weighted by atomic mass is 32.2. The van der Waals surface area contributed by atoms with Crippen LogP contribution in [0.25, 0.3) is 0 Å². The van der Waals surface area contributed by atoms with Crippen molar-refractivity contribution in [2.24, 2.45) is 11.7 Å². The van der Waals surface area contributed by atoms with Crippen molar-refractivity contribution >= 4 is 11.8 Å². The molecule has 84 valence electrons. The van der Waals surface area contributed by atoms with E-state index in [1.54, 1.807) is 11.8 Å². The first kappa shape index (κ1) is 12.5. The first-order valence-corrected chi connectivity index (χ1v) is 6.00. The highest BCUT2D eigenvalue weighted by Gasteiger charge is 2.05. The summed E-state index contributed by atoms with van der Waals surface area (Å²) in [5, 5.41) is 0. The van der Waals surface area contributed by atoms with Crippen LogP contribution in [0.3, 0.4) is 0 Å². The molecule has 0 saturated carbocycles. The van der Waals surface area contributed by atoms with Crippen LogP contribution in [0.5, 0.6) is 0 Å². The van der Waals surface area contributed by atoms with E-state index in [4.69, 9.17) is 5.73 Å². The fraction of sp³-hybridized carbons (Fsp3) is 0.455. The Bertz CT molecular complexity index is 317. The van der Waals surface area contributed by atoms with Gasteiger partial charge in [-0.1, -0.05) is 13.0 Å². The monoisotopic (exact) mass is 231 g/mol. The van der Waals surface area contributed by atoms with Gasteiger partial charge in [0.05, 0.1) is 0 Å². The lowest BCUT2D eigenvalue weighted by Gasteiger charge is -2.08. The maximum Gasteiger partial charge on any atom is 0.130 e. The van der Waals surface area contributed by atoms with Gasteiger partial charge in [0.15, 0.2) is 0 Å². The molecule has 0 spiro atoms. The van der Waals surface area contributed by atoms with Gasteiger partial charge in [-0.2, -0.15) is 11.8 Å². The third-order valence-electron chi connectivity index (χ3n) is 2.08. The van der Waals surface area contributed by atoms with E-state index >= 15 is 0 Å². The number of hydrogen-bond donors (Lipinski definition) is 1. The fourth-order valence-electron chi connectivity index (χ4n) is 1.08. The number of hydrogen-bond acceptors (Lipinski definition) is 2. The molecule has 0 aliphatic heterocycles. The number of nitrogens with two attached hydrogens (primary N) is 1. The Kier molecular flexibility index (Phi) is 5.05. The number of halogens is 2. The van der Waals surface area contributed by atoms with Crippen molar-refractivity contribution in [1.29, 1.82) is 0 Å². The lowest BCUT2D eigenvalue weighted by Crippen LogP contribution is -2.12. The lowest BCUT2D eigenvalue weighted by molar-refractivity contribution is 0.576. The van der Waals surface area contributed by atoms with E-state index in [2.05, 4.69) is 0 Å². The maximum atomic E-state index is 13.2. The Morgan fingerprint density at radius 1 is 1.40 bits per heavy atom. The van der Waals surface area contributed by atoms with Crippen LogP contribution >= 0.6 is 11.8 Å². The molecule has 0 fully saturated rings. The van der Waals surface area contributed by atoms with E-state index in [1.165, 1.54) is 12.1 Å². The zero-order valence-electron chi connectivity index (χ0n) is 8.67. The number of thioether (sulfide) groups is 1. The molecule has 0 aliphatic rings. The van der Waals surface area contributed by atoms with Crippen LogP contribution in [0.1, 0.15) is 12.5 Å². The van der Waals surface area contributed by atoms with E-state index < -0.39 is 11.6 Å². The summed E-state index contributed by atoms with van der Waals surface area (Å²) < 4.78 is 25.8. The summed E-state index contributed by atoms with van der Waals surface area (Å²) in [7, 11) is 0. The first-order valence-electron chi connectivity index (χ1n) is 4.85. The van der Waals surface area contributed by atoms with Crippen LogP contribution in [-0.4, -0.2) is 12.3 Å². The molecule has 0 heterocycles. The molecule has 1 rings (SSSR count). The molecular weight excluding hydrogens is 216 g/mol. The third-order valence-corrected chi connectivity index (χ3v) is 3.40. The van der Waals surface area contributed by atoms with E-state index in [0.29, 0.717) is 23.8 Å². The predicted molar refractivity (Wildman–Crippen MR) is 60.7 cm³/mol. The summed E-state index contributed by atoms with van der Waals surface area (Å²) in [5.41, 5.74) is 6.01. The van der Waals surface area contributed by atoms with Crippen LogP contribution in [0.15, 0.2) is 18.2 Å². The zero-order valence-corrected chi connectivity index (χ0v) is 9.49. The molecule has 1 aromatic carbocycles. The Morgan fingerprint density at radius 3 is 2.73 bits per heavy atom. The quantitative estimate of drug-likeness (QED) is 0.843. The second-order valence-corrected chi connectivity index (χ2v) is 4.62. The van der Waals surface area contributed by atoms with Gasteiger partial charge >= 0.3 is 0 Å². The average molecular weight is 231 g/mol. The van der Waals surface area contributed by atoms with E-state index in [9.17, 15) is 8.78 Å². The number of benzene rings is 1. The molecule has 2 N–H and O–H groups in total. The van der Waals surface area contributed by atoms with Crippen molar-refractivity contribution in [3.63, 3.8) is 0 Å². The van der Waals surface area contributed by atoms with E-state index in [0.717, 1.165) is 11.8 Å². The van der Waals surface area contributed by atoms with Crippen molar-refractivity contribution in [3.05, 3.63) is 35.4 Å². The van der Waals surface area contributed by atoms with Crippen LogP contribution in [0, 0.1) is 17.6 Å². The average Bonchev–Trinajstić information content (AvgIpc) is 2.21. The Labute approximate surface area is 93.1 Å². The molecule has 0 radical (unpaired) electrons. The van der Waals surface area contributed by atoms with Gasteiger partial charge in [0.1, 0.15) is 11.6 Å². The molecular formula is C11H15F2NS. The van der Waals surface area contributed by atoms with Gasteiger partial charge in [0.2, 0.25) is 0 Å². The topological polar surface area (TPSA) is 26.0 Å². The van der Waals surface area contributed by atoms with Gasteiger partial charge in [0.25, 0.3) is 0 Å². The molecule has 0 saturated heterocycles. The molecule has 1 atom stereocenters. The lowest BCUT2D eigenvalue weighted by atomic mass is 10.2. The molecule has 1 aromatic rings. The summed E-state index contributed by atoms with van der Waals surface area (Å²) in [6.07, 6.45) is 0. The smallest absolute Gasteiger partial charge is 0.130 e. The van der Waals surface area contributed by atoms with Crippen LogP contribution < -0.4 is 5.73 Å². The standard InChI is InChI=1S/C11H15F2NS/c1-8(5-14)6-15-7-9-2-3-10(12)4-11(9)13/h2-4,8H,5-7,14H2,1H3. The molecule has 1 unspecified atom stereocenters. The van der Waals surface area contributed by atoms with E-state index in [-0.39, 0.29) is 0 Å². The van der Waals surface area contributed by atoms with Gasteiger partial charge in [-0.3, -0.25) is 0 Å². The van der Waals surface area contributed by atoms with Crippen molar-refractivity contribution in [3.8, 4) is 0 Å². The van der Waals surface area contributed by atoms with Crippen molar-refractivity contribution in [2.45, 2.75) is 12.7 Å². The largest absolute Gasteiger partial charge is 0.330 e. The third kappa shape index (κ3) is 4.18. The zero-order chi connectivity index (χ0) is 11.3.